The van der Waals surface area contributed by atoms with Gasteiger partial charge in [-0.25, -0.2) is 9.59 Å². The number of hydrogen-bond donors (Lipinski definition) is 1. The normalized spacial score (nSPS) is 18.1. The predicted molar refractivity (Wildman–Crippen MR) is 140 cm³/mol. The molecule has 0 aromatic heterocycles. The lowest BCUT2D eigenvalue weighted by atomic mass is 10.0. The largest absolute Gasteiger partial charge is 0.515 e. The highest BCUT2D eigenvalue weighted by atomic mass is 35.6. The molecule has 2 rings (SSSR count). The number of likely N-dealkylation sites (tertiary alicyclic amines) is 2. The molecule has 2 saturated heterocycles. The molecule has 2 fully saturated rings. The number of carbonyl (C=O) groups excluding carboxylic acids is 4. The van der Waals surface area contributed by atoms with E-state index in [1.807, 2.05) is 0 Å². The van der Waals surface area contributed by atoms with Gasteiger partial charge in [0.15, 0.2) is 0 Å². The average molecular weight is 658 g/mol. The van der Waals surface area contributed by atoms with Crippen LogP contribution in [0.4, 0.5) is 9.59 Å². The van der Waals surface area contributed by atoms with Gasteiger partial charge in [-0.1, -0.05) is 20.6 Å². The fourth-order valence-electron chi connectivity index (χ4n) is 2.43. The third-order valence-corrected chi connectivity index (χ3v) is 4.77. The molecule has 0 aliphatic carbocycles. The van der Waals surface area contributed by atoms with Crippen LogP contribution in [0.1, 0.15) is 20.3 Å². The number of aliphatic hydroxyl groups excluding tert-OH is 1. The summed E-state index contributed by atoms with van der Waals surface area (Å²) in [6.07, 6.45) is 2.87. The van der Waals surface area contributed by atoms with E-state index in [0.717, 1.165) is 19.4 Å². The molecule has 2 heterocycles. The molecule has 0 bridgehead atoms. The Balaban J connectivity index is 0. The number of carbonyl (C=O) groups is 4. The molecule has 10 nitrogen and oxygen atoms in total. The van der Waals surface area contributed by atoms with Crippen LogP contribution >= 0.6 is 81.2 Å². The first-order valence-electron chi connectivity index (χ1n) is 9.39. The number of alkyl halides is 6. The third-order valence-electron chi connectivity index (χ3n) is 4.20. The van der Waals surface area contributed by atoms with Gasteiger partial charge >= 0.3 is 19.5 Å². The molecular formula is C19H25Cl7N2O8. The molecular weight excluding hydrogens is 632 g/mol. The summed E-state index contributed by atoms with van der Waals surface area (Å²) in [5, 5.41) is 8.67. The summed E-state index contributed by atoms with van der Waals surface area (Å²) in [7, 11) is 0. The second-order valence-corrected chi connectivity index (χ2v) is 11.1. The van der Waals surface area contributed by atoms with E-state index in [1.54, 1.807) is 9.80 Å². The van der Waals surface area contributed by atoms with Crippen LogP contribution in [-0.4, -0.2) is 84.6 Å². The topological polar surface area (TPSA) is 123 Å². The zero-order valence-corrected chi connectivity index (χ0v) is 23.1. The maximum atomic E-state index is 11.1. The summed E-state index contributed by atoms with van der Waals surface area (Å²) < 4.78 is 8.07. The summed E-state index contributed by atoms with van der Waals surface area (Å²) >= 11 is 35.2. The molecule has 17 heteroatoms. The Hall–Kier alpha value is -0.850. The fourth-order valence-corrected chi connectivity index (χ4v) is 2.87. The third kappa shape index (κ3) is 16.1. The minimum atomic E-state index is -2.24. The molecule has 0 unspecified atom stereocenters. The van der Waals surface area contributed by atoms with Crippen molar-refractivity contribution in [1.29, 1.82) is 0 Å². The van der Waals surface area contributed by atoms with Gasteiger partial charge in [-0.3, -0.25) is 9.59 Å². The maximum Gasteiger partial charge on any atom is 0.515 e. The standard InChI is InChI=1S/C8H10ClNO3.C7H11NO2.C3Cl6O3.CH4/c1-2-7(11)10-4-3-6(10)5-13-8(9)12;1-2-7(10)8-4-3-6(8)5-9;4-2(5,6)11-1(10)12-3(7,8)9;/h2,6H,1,3-5H2;2,6,9H,1,3-5H2;;1H4/t2*6-;;/m00../s1. The van der Waals surface area contributed by atoms with Gasteiger partial charge in [0.1, 0.15) is 6.61 Å². The van der Waals surface area contributed by atoms with Crippen molar-refractivity contribution in [3.8, 4) is 0 Å². The van der Waals surface area contributed by atoms with Gasteiger partial charge in [0.05, 0.1) is 18.7 Å². The van der Waals surface area contributed by atoms with Gasteiger partial charge in [0.2, 0.25) is 11.8 Å². The zero-order valence-electron chi connectivity index (χ0n) is 17.8. The van der Waals surface area contributed by atoms with Crippen molar-refractivity contribution in [2.24, 2.45) is 0 Å². The Morgan fingerprint density at radius 1 is 0.861 bits per heavy atom. The zero-order chi connectivity index (χ0) is 27.4. The first-order valence-corrected chi connectivity index (χ1v) is 12.0. The van der Waals surface area contributed by atoms with Gasteiger partial charge < -0.3 is 29.1 Å². The van der Waals surface area contributed by atoms with Crippen molar-refractivity contribution >= 4 is 105 Å². The van der Waals surface area contributed by atoms with E-state index in [-0.39, 0.29) is 44.5 Å². The highest BCUT2D eigenvalue weighted by Crippen LogP contribution is 2.32. The van der Waals surface area contributed by atoms with Gasteiger partial charge in [-0.2, -0.15) is 0 Å². The summed E-state index contributed by atoms with van der Waals surface area (Å²) in [5.74, 6) is -0.216. The van der Waals surface area contributed by atoms with E-state index < -0.39 is 19.5 Å². The number of rotatable bonds is 5. The predicted octanol–water partition coefficient (Wildman–Crippen LogP) is 5.35. The molecule has 36 heavy (non-hydrogen) atoms. The van der Waals surface area contributed by atoms with Crippen LogP contribution in [-0.2, 0) is 23.8 Å². The summed E-state index contributed by atoms with van der Waals surface area (Å²) in [4.78, 5) is 45.9. The Morgan fingerprint density at radius 2 is 1.25 bits per heavy atom. The number of amides is 2. The lowest BCUT2D eigenvalue weighted by molar-refractivity contribution is -0.135. The summed E-state index contributed by atoms with van der Waals surface area (Å²) in [5.41, 5.74) is -0.835. The van der Waals surface area contributed by atoms with Crippen LogP contribution < -0.4 is 0 Å². The number of nitrogens with zero attached hydrogens (tertiary/aromatic N) is 2. The Kier molecular flexibility index (Phi) is 18.3. The van der Waals surface area contributed by atoms with Crippen molar-refractivity contribution < 1.29 is 38.5 Å². The van der Waals surface area contributed by atoms with Crippen molar-refractivity contribution in [1.82, 2.24) is 9.80 Å². The quantitative estimate of drug-likeness (QED) is 0.182. The van der Waals surface area contributed by atoms with Gasteiger partial charge in [0, 0.05) is 24.7 Å². The van der Waals surface area contributed by atoms with Crippen LogP contribution in [0.15, 0.2) is 25.3 Å². The molecule has 208 valence electrons. The van der Waals surface area contributed by atoms with E-state index in [2.05, 4.69) is 27.4 Å². The molecule has 0 aromatic rings. The molecule has 2 aliphatic rings. The van der Waals surface area contributed by atoms with Crippen molar-refractivity contribution in [2.75, 3.05) is 26.3 Å². The monoisotopic (exact) mass is 654 g/mol. The number of halogens is 7. The van der Waals surface area contributed by atoms with Crippen molar-refractivity contribution in [3.63, 3.8) is 0 Å². The van der Waals surface area contributed by atoms with E-state index in [4.69, 9.17) is 86.3 Å². The minimum Gasteiger partial charge on any atom is -0.451 e. The van der Waals surface area contributed by atoms with Gasteiger partial charge in [-0.05, 0) is 94.6 Å². The SMILES string of the molecule is C.C=CC(=O)N1CC[C@H]1CO.C=CC(=O)N1CC[C@H]1COC(=O)Cl.O=C(OC(Cl)(Cl)Cl)OC(Cl)(Cl)Cl. The van der Waals surface area contributed by atoms with E-state index in [0.29, 0.717) is 6.54 Å². The smallest absolute Gasteiger partial charge is 0.451 e. The number of aliphatic hydroxyl groups is 1. The van der Waals surface area contributed by atoms with E-state index in [9.17, 15) is 19.2 Å². The van der Waals surface area contributed by atoms with Crippen LogP contribution in [0.3, 0.4) is 0 Å². The molecule has 0 aromatic carbocycles. The lowest BCUT2D eigenvalue weighted by Crippen LogP contribution is -2.52. The first-order chi connectivity index (χ1) is 16.0. The van der Waals surface area contributed by atoms with Crippen LogP contribution in [0.2, 0.25) is 0 Å². The molecule has 0 radical (unpaired) electrons. The van der Waals surface area contributed by atoms with Crippen LogP contribution in [0.25, 0.3) is 0 Å². The Morgan fingerprint density at radius 3 is 1.50 bits per heavy atom. The molecule has 1 N–H and O–H groups in total. The molecule has 0 spiro atoms. The van der Waals surface area contributed by atoms with Gasteiger partial charge in [0.25, 0.3) is 0 Å². The first kappa shape index (κ1) is 37.3. The second kappa shape index (κ2) is 17.6. The molecule has 2 aliphatic heterocycles. The van der Waals surface area contributed by atoms with Crippen LogP contribution in [0.5, 0.6) is 0 Å². The average Bonchev–Trinajstić information content (AvgIpc) is 2.64. The van der Waals surface area contributed by atoms with Crippen molar-refractivity contribution in [2.45, 2.75) is 40.3 Å². The highest BCUT2D eigenvalue weighted by molar-refractivity contribution is 6.67. The highest BCUT2D eigenvalue weighted by Gasteiger charge is 2.33. The van der Waals surface area contributed by atoms with Crippen molar-refractivity contribution in [3.05, 3.63) is 25.3 Å². The van der Waals surface area contributed by atoms with E-state index in [1.165, 1.54) is 12.2 Å². The molecule has 0 saturated carbocycles. The number of hydrogen-bond acceptors (Lipinski definition) is 8. The molecule has 2 amide bonds. The fraction of sp³-hybridized carbons (Fsp3) is 0.579. The molecule has 2 atom stereocenters. The van der Waals surface area contributed by atoms with Gasteiger partial charge in [-0.15, -0.1) is 0 Å². The minimum absolute atomic E-state index is 0. The lowest BCUT2D eigenvalue weighted by Gasteiger charge is -2.39. The van der Waals surface area contributed by atoms with Crippen LogP contribution in [0, 0.1) is 0 Å². The Bertz CT molecular complexity index is 754. The summed E-state index contributed by atoms with van der Waals surface area (Å²) in [6, 6.07) is 0.0127. The second-order valence-electron chi connectivity index (χ2n) is 6.43. The Labute approximate surface area is 243 Å². The number of ether oxygens (including phenoxy) is 3. The summed E-state index contributed by atoms with van der Waals surface area (Å²) in [6.45, 7) is 8.42. The maximum absolute atomic E-state index is 11.1. The van der Waals surface area contributed by atoms with E-state index >= 15 is 0 Å².